The Hall–Kier alpha value is -1.78. The lowest BCUT2D eigenvalue weighted by atomic mass is 9.48. The maximum Gasteiger partial charge on any atom is 0.180 e. The second-order valence-electron chi connectivity index (χ2n) is 10.4. The standard InChI is InChI=1S/C27H33ClFNO2/c1-17(27-12-18-7-19(13-27)9-20(8-18)14-27)30-15-21-10-23(28)26(25(11-21)31-2)32-16-22-5-3-4-6-24(22)29/h3-6,10-11,17-20,30H,7-9,12-16H2,1-2H3/t17-,18?,19?,20?,27?/m0/s1. The second-order valence-corrected chi connectivity index (χ2v) is 10.8. The first-order valence-corrected chi connectivity index (χ1v) is 12.3. The minimum Gasteiger partial charge on any atom is -0.493 e. The average molecular weight is 458 g/mol. The van der Waals surface area contributed by atoms with Crippen LogP contribution in [-0.2, 0) is 13.2 Å². The zero-order chi connectivity index (χ0) is 22.3. The van der Waals surface area contributed by atoms with E-state index in [0.29, 0.717) is 33.5 Å². The van der Waals surface area contributed by atoms with Gasteiger partial charge in [0.15, 0.2) is 11.5 Å². The smallest absolute Gasteiger partial charge is 0.180 e. The van der Waals surface area contributed by atoms with Gasteiger partial charge in [0.25, 0.3) is 0 Å². The minimum atomic E-state index is -0.290. The van der Waals surface area contributed by atoms with Crippen molar-refractivity contribution in [3.63, 3.8) is 0 Å². The monoisotopic (exact) mass is 457 g/mol. The molecule has 0 spiro atoms. The molecule has 32 heavy (non-hydrogen) atoms. The highest BCUT2D eigenvalue weighted by Crippen LogP contribution is 2.61. The molecule has 0 aromatic heterocycles. The first-order valence-electron chi connectivity index (χ1n) is 11.9. The van der Waals surface area contributed by atoms with E-state index in [-0.39, 0.29) is 12.4 Å². The molecule has 1 atom stereocenters. The van der Waals surface area contributed by atoms with Crippen LogP contribution < -0.4 is 14.8 Å². The molecule has 2 aromatic carbocycles. The Kier molecular flexibility index (Phi) is 6.11. The van der Waals surface area contributed by atoms with Crippen molar-refractivity contribution >= 4 is 11.6 Å². The van der Waals surface area contributed by atoms with Crippen molar-refractivity contribution in [1.29, 1.82) is 0 Å². The second kappa shape index (κ2) is 8.87. The summed E-state index contributed by atoms with van der Waals surface area (Å²) in [5, 5.41) is 4.30. The molecule has 0 saturated heterocycles. The van der Waals surface area contributed by atoms with Crippen molar-refractivity contribution in [2.24, 2.45) is 23.2 Å². The molecule has 0 unspecified atom stereocenters. The topological polar surface area (TPSA) is 30.5 Å². The number of benzene rings is 2. The van der Waals surface area contributed by atoms with Gasteiger partial charge in [-0.2, -0.15) is 0 Å². The molecule has 4 aliphatic carbocycles. The van der Waals surface area contributed by atoms with Gasteiger partial charge in [-0.15, -0.1) is 0 Å². The van der Waals surface area contributed by atoms with Gasteiger partial charge in [0, 0.05) is 18.2 Å². The Morgan fingerprint density at radius 2 is 1.75 bits per heavy atom. The maximum absolute atomic E-state index is 13.9. The van der Waals surface area contributed by atoms with Gasteiger partial charge in [0.1, 0.15) is 12.4 Å². The average Bonchev–Trinajstić information content (AvgIpc) is 2.76. The van der Waals surface area contributed by atoms with Crippen LogP contribution >= 0.6 is 11.6 Å². The van der Waals surface area contributed by atoms with Crippen molar-refractivity contribution in [3.8, 4) is 11.5 Å². The van der Waals surface area contributed by atoms with Gasteiger partial charge in [0.05, 0.1) is 12.1 Å². The summed E-state index contributed by atoms with van der Waals surface area (Å²) in [5.74, 6) is 3.59. The summed E-state index contributed by atoms with van der Waals surface area (Å²) in [4.78, 5) is 0. The summed E-state index contributed by atoms with van der Waals surface area (Å²) in [6.07, 6.45) is 8.56. The van der Waals surface area contributed by atoms with Crippen LogP contribution in [0.2, 0.25) is 5.02 Å². The fraction of sp³-hybridized carbons (Fsp3) is 0.556. The highest BCUT2D eigenvalue weighted by atomic mass is 35.5. The number of ether oxygens (including phenoxy) is 2. The zero-order valence-corrected chi connectivity index (χ0v) is 19.8. The van der Waals surface area contributed by atoms with Crippen LogP contribution in [-0.4, -0.2) is 13.2 Å². The third-order valence-electron chi connectivity index (χ3n) is 8.24. The first-order chi connectivity index (χ1) is 15.5. The van der Waals surface area contributed by atoms with E-state index in [9.17, 15) is 4.39 Å². The molecule has 0 radical (unpaired) electrons. The third-order valence-corrected chi connectivity index (χ3v) is 8.52. The number of nitrogens with one attached hydrogen (secondary N) is 1. The third kappa shape index (κ3) is 4.24. The molecule has 5 heteroatoms. The lowest BCUT2D eigenvalue weighted by Gasteiger charge is -2.59. The molecule has 0 aliphatic heterocycles. The lowest BCUT2D eigenvalue weighted by Crippen LogP contribution is -2.54. The van der Waals surface area contributed by atoms with Crippen LogP contribution in [0.3, 0.4) is 0 Å². The first kappa shape index (κ1) is 22.0. The molecule has 4 saturated carbocycles. The minimum absolute atomic E-state index is 0.101. The van der Waals surface area contributed by atoms with E-state index in [1.165, 1.54) is 44.6 Å². The Morgan fingerprint density at radius 1 is 1.09 bits per heavy atom. The normalized spacial score (nSPS) is 29.2. The van der Waals surface area contributed by atoms with Gasteiger partial charge < -0.3 is 14.8 Å². The van der Waals surface area contributed by atoms with Gasteiger partial charge in [-0.3, -0.25) is 0 Å². The van der Waals surface area contributed by atoms with E-state index >= 15 is 0 Å². The molecule has 4 aliphatic rings. The van der Waals surface area contributed by atoms with E-state index < -0.39 is 0 Å². The quantitative estimate of drug-likeness (QED) is 0.475. The van der Waals surface area contributed by atoms with Crippen molar-refractivity contribution in [1.82, 2.24) is 5.32 Å². The van der Waals surface area contributed by atoms with Crippen LogP contribution in [0.1, 0.15) is 56.6 Å². The van der Waals surface area contributed by atoms with E-state index in [4.69, 9.17) is 21.1 Å². The number of hydrogen-bond acceptors (Lipinski definition) is 3. The lowest BCUT2D eigenvalue weighted by molar-refractivity contribution is -0.0706. The summed E-state index contributed by atoms with van der Waals surface area (Å²) in [7, 11) is 1.61. The molecule has 3 nitrogen and oxygen atoms in total. The summed E-state index contributed by atoms with van der Waals surface area (Å²) < 4.78 is 25.3. The fourth-order valence-corrected chi connectivity index (χ4v) is 7.26. The highest BCUT2D eigenvalue weighted by molar-refractivity contribution is 6.32. The van der Waals surface area contributed by atoms with Gasteiger partial charge in [-0.05, 0) is 92.4 Å². The SMILES string of the molecule is COc1cc(CN[C@@H](C)C23CC4CC(CC(C4)C2)C3)cc(Cl)c1OCc1ccccc1F. The van der Waals surface area contributed by atoms with Crippen molar-refractivity contribution in [3.05, 3.63) is 58.4 Å². The van der Waals surface area contributed by atoms with Crippen molar-refractivity contribution in [2.45, 2.75) is 64.6 Å². The van der Waals surface area contributed by atoms with Gasteiger partial charge in [0.2, 0.25) is 0 Å². The highest BCUT2D eigenvalue weighted by Gasteiger charge is 2.52. The number of methoxy groups -OCH3 is 1. The van der Waals surface area contributed by atoms with Crippen LogP contribution in [0.5, 0.6) is 11.5 Å². The molecule has 6 rings (SSSR count). The van der Waals surface area contributed by atoms with Crippen molar-refractivity contribution in [2.75, 3.05) is 7.11 Å². The molecule has 1 N–H and O–H groups in total. The molecule has 2 aromatic rings. The largest absolute Gasteiger partial charge is 0.493 e. The molecular weight excluding hydrogens is 425 g/mol. The van der Waals surface area contributed by atoms with E-state index in [0.717, 1.165) is 29.9 Å². The van der Waals surface area contributed by atoms with Crippen LogP contribution in [0, 0.1) is 29.0 Å². The Balaban J connectivity index is 1.25. The van der Waals surface area contributed by atoms with Crippen LogP contribution in [0.15, 0.2) is 36.4 Å². The zero-order valence-electron chi connectivity index (χ0n) is 19.0. The molecule has 0 amide bonds. The predicted octanol–water partition coefficient (Wildman–Crippen LogP) is 6.76. The summed E-state index contributed by atoms with van der Waals surface area (Å²) in [6, 6.07) is 11.0. The number of rotatable bonds is 8. The van der Waals surface area contributed by atoms with Crippen LogP contribution in [0.25, 0.3) is 0 Å². The summed E-state index contributed by atoms with van der Waals surface area (Å²) in [5.41, 5.74) is 2.02. The van der Waals surface area contributed by atoms with Crippen molar-refractivity contribution < 1.29 is 13.9 Å². The van der Waals surface area contributed by atoms with Crippen LogP contribution in [0.4, 0.5) is 4.39 Å². The summed E-state index contributed by atoms with van der Waals surface area (Å²) in [6.45, 7) is 3.22. The Bertz CT molecular complexity index is 943. The molecule has 4 bridgehead atoms. The molecular formula is C27H33ClFNO2. The molecule has 0 heterocycles. The fourth-order valence-electron chi connectivity index (χ4n) is 6.98. The van der Waals surface area contributed by atoms with Gasteiger partial charge in [-0.25, -0.2) is 4.39 Å². The van der Waals surface area contributed by atoms with Gasteiger partial charge in [-0.1, -0.05) is 29.8 Å². The van der Waals surface area contributed by atoms with E-state index in [1.807, 2.05) is 12.1 Å². The Morgan fingerprint density at radius 3 is 2.38 bits per heavy atom. The maximum atomic E-state index is 13.9. The number of hydrogen-bond donors (Lipinski definition) is 1. The van der Waals surface area contributed by atoms with E-state index in [2.05, 4.69) is 12.2 Å². The summed E-state index contributed by atoms with van der Waals surface area (Å²) >= 11 is 6.56. The molecule has 4 fully saturated rings. The predicted molar refractivity (Wildman–Crippen MR) is 126 cm³/mol. The number of halogens is 2. The van der Waals surface area contributed by atoms with Gasteiger partial charge >= 0.3 is 0 Å². The Labute approximate surface area is 195 Å². The molecule has 172 valence electrons. The van der Waals surface area contributed by atoms with E-state index in [1.54, 1.807) is 25.3 Å².